The minimum atomic E-state index is 0.187. The van der Waals surface area contributed by atoms with Crippen LogP contribution in [0.2, 0.25) is 0 Å². The van der Waals surface area contributed by atoms with Gasteiger partial charge in [0.1, 0.15) is 17.6 Å². The van der Waals surface area contributed by atoms with E-state index < -0.39 is 0 Å². The van der Waals surface area contributed by atoms with Gasteiger partial charge in [-0.2, -0.15) is 5.26 Å². The molecule has 0 amide bonds. The minimum absolute atomic E-state index is 0.187. The molecule has 0 fully saturated rings. The molecule has 0 aliphatic heterocycles. The quantitative estimate of drug-likeness (QED) is 0.563. The molecule has 0 spiro atoms. The smallest absolute Gasteiger partial charge is 0.153 e. The van der Waals surface area contributed by atoms with E-state index in [2.05, 4.69) is 51.7 Å². The summed E-state index contributed by atoms with van der Waals surface area (Å²) in [5.41, 5.74) is 3.42. The van der Waals surface area contributed by atoms with Crippen molar-refractivity contribution in [3.05, 3.63) is 83.7 Å². The Kier molecular flexibility index (Phi) is 5.67. The molecule has 1 aromatic carbocycles. The van der Waals surface area contributed by atoms with Gasteiger partial charge in [0, 0.05) is 28.6 Å². The van der Waals surface area contributed by atoms with Gasteiger partial charge in [-0.05, 0) is 44.4 Å². The molecule has 0 radical (unpaired) electrons. The number of nitrogens with zero attached hydrogens (tertiary/aromatic N) is 4. The van der Waals surface area contributed by atoms with Crippen LogP contribution < -0.4 is 5.32 Å². The van der Waals surface area contributed by atoms with Gasteiger partial charge >= 0.3 is 0 Å². The van der Waals surface area contributed by atoms with Crippen LogP contribution in [0.3, 0.4) is 0 Å². The Balaban J connectivity index is 1.86. The van der Waals surface area contributed by atoms with Crippen LogP contribution in [0.1, 0.15) is 37.9 Å². The highest BCUT2D eigenvalue weighted by Gasteiger charge is 2.12. The summed E-state index contributed by atoms with van der Waals surface area (Å²) in [4.78, 5) is 13.9. The third-order valence-electron chi connectivity index (χ3n) is 4.78. The van der Waals surface area contributed by atoms with Crippen LogP contribution in [0.25, 0.3) is 10.8 Å². The molecular formula is C25H23N5. The first kappa shape index (κ1) is 19.5. The third-order valence-corrected chi connectivity index (χ3v) is 4.78. The van der Waals surface area contributed by atoms with E-state index in [1.54, 1.807) is 12.3 Å². The Morgan fingerprint density at radius 3 is 2.70 bits per heavy atom. The summed E-state index contributed by atoms with van der Waals surface area (Å²) in [6.07, 6.45) is 10.3. The van der Waals surface area contributed by atoms with Crippen molar-refractivity contribution in [2.24, 2.45) is 4.99 Å². The van der Waals surface area contributed by atoms with Crippen molar-refractivity contribution < 1.29 is 0 Å². The molecule has 3 aromatic rings. The highest BCUT2D eigenvalue weighted by atomic mass is 15.0. The first-order chi connectivity index (χ1) is 14.6. The summed E-state index contributed by atoms with van der Waals surface area (Å²) in [7, 11) is 0. The van der Waals surface area contributed by atoms with E-state index in [-0.39, 0.29) is 6.04 Å². The summed E-state index contributed by atoms with van der Waals surface area (Å²) < 4.78 is 0. The molecule has 1 aliphatic rings. The lowest BCUT2D eigenvalue weighted by atomic mass is 9.97. The van der Waals surface area contributed by atoms with E-state index in [1.807, 2.05) is 38.1 Å². The second-order valence-corrected chi connectivity index (χ2v) is 7.50. The molecule has 2 aromatic heterocycles. The van der Waals surface area contributed by atoms with Gasteiger partial charge in [0.2, 0.25) is 0 Å². The van der Waals surface area contributed by atoms with Gasteiger partial charge in [0.15, 0.2) is 5.82 Å². The molecule has 1 aliphatic carbocycles. The lowest BCUT2D eigenvalue weighted by Gasteiger charge is -2.13. The predicted octanol–water partition coefficient (Wildman–Crippen LogP) is 5.72. The minimum Gasteiger partial charge on any atom is -0.367 e. The Labute approximate surface area is 176 Å². The molecule has 0 saturated heterocycles. The average Bonchev–Trinajstić information content (AvgIpc) is 2.78. The molecular weight excluding hydrogens is 370 g/mol. The number of aromatic nitrogens is 2. The average molecular weight is 393 g/mol. The Bertz CT molecular complexity index is 1200. The molecule has 30 heavy (non-hydrogen) atoms. The van der Waals surface area contributed by atoms with Crippen molar-refractivity contribution in [2.45, 2.75) is 32.7 Å². The fourth-order valence-electron chi connectivity index (χ4n) is 3.43. The number of pyridine rings is 2. The van der Waals surface area contributed by atoms with E-state index in [4.69, 9.17) is 4.99 Å². The van der Waals surface area contributed by atoms with Crippen molar-refractivity contribution in [3.8, 4) is 6.07 Å². The molecule has 148 valence electrons. The fourth-order valence-corrected chi connectivity index (χ4v) is 3.43. The monoisotopic (exact) mass is 393 g/mol. The van der Waals surface area contributed by atoms with Crippen molar-refractivity contribution in [1.82, 2.24) is 9.97 Å². The van der Waals surface area contributed by atoms with Crippen LogP contribution in [0.15, 0.2) is 77.5 Å². The number of nitrogens with one attached hydrogen (secondary N) is 1. The highest BCUT2D eigenvalue weighted by molar-refractivity contribution is 6.15. The molecule has 4 rings (SSSR count). The number of anilines is 1. The van der Waals surface area contributed by atoms with Gasteiger partial charge in [-0.1, -0.05) is 48.6 Å². The molecule has 5 heteroatoms. The van der Waals surface area contributed by atoms with Gasteiger partial charge < -0.3 is 5.32 Å². The molecule has 2 heterocycles. The van der Waals surface area contributed by atoms with E-state index in [0.29, 0.717) is 17.3 Å². The van der Waals surface area contributed by atoms with Gasteiger partial charge in [-0.25, -0.2) is 15.0 Å². The normalized spacial score (nSPS) is 13.9. The number of nitriles is 1. The SMILES string of the molecule is CC(C)Nc1nc(C#N)cc2cnc(N=C(C3=CCCC=C3)c3ccccc3)cc12. The van der Waals surface area contributed by atoms with Crippen molar-refractivity contribution in [1.29, 1.82) is 5.26 Å². The van der Waals surface area contributed by atoms with E-state index in [1.165, 1.54) is 0 Å². The van der Waals surface area contributed by atoms with E-state index in [0.717, 1.165) is 40.5 Å². The van der Waals surface area contributed by atoms with Gasteiger partial charge in [0.25, 0.3) is 0 Å². The number of fused-ring (bicyclic) bond motifs is 1. The Morgan fingerprint density at radius 1 is 1.17 bits per heavy atom. The van der Waals surface area contributed by atoms with Gasteiger partial charge in [0.05, 0.1) is 5.71 Å². The van der Waals surface area contributed by atoms with E-state index >= 15 is 0 Å². The lowest BCUT2D eigenvalue weighted by Crippen LogP contribution is -2.12. The summed E-state index contributed by atoms with van der Waals surface area (Å²) in [6.45, 7) is 4.09. The standard InChI is InChI=1S/C25H23N5/c1-17(2)28-25-22-14-23(27-16-20(22)13-21(15-26)29-25)30-24(18-9-5-3-6-10-18)19-11-7-4-8-12-19/h3,5-7,9-14,16-17H,4,8H2,1-2H3,(H,28,29). The first-order valence-electron chi connectivity index (χ1n) is 10.1. The maximum absolute atomic E-state index is 9.30. The Hall–Kier alpha value is -3.78. The summed E-state index contributed by atoms with van der Waals surface area (Å²) >= 11 is 0. The summed E-state index contributed by atoms with van der Waals surface area (Å²) in [6, 6.07) is 16.2. The maximum atomic E-state index is 9.30. The number of allylic oxidation sites excluding steroid dienone is 4. The molecule has 0 bridgehead atoms. The van der Waals surface area contributed by atoms with Crippen molar-refractivity contribution in [3.63, 3.8) is 0 Å². The molecule has 5 nitrogen and oxygen atoms in total. The zero-order valence-corrected chi connectivity index (χ0v) is 17.1. The topological polar surface area (TPSA) is 74.0 Å². The summed E-state index contributed by atoms with van der Waals surface area (Å²) in [5, 5.41) is 14.4. The van der Waals surface area contributed by atoms with E-state index in [9.17, 15) is 5.26 Å². The number of aliphatic imine (C=N–C) groups is 1. The number of rotatable bonds is 5. The van der Waals surface area contributed by atoms with Crippen molar-refractivity contribution >= 4 is 28.1 Å². The second kappa shape index (κ2) is 8.71. The zero-order chi connectivity index (χ0) is 20.9. The Morgan fingerprint density at radius 2 is 2.00 bits per heavy atom. The number of hydrogen-bond acceptors (Lipinski definition) is 5. The highest BCUT2D eigenvalue weighted by Crippen LogP contribution is 2.27. The van der Waals surface area contributed by atoms with Gasteiger partial charge in [-0.3, -0.25) is 0 Å². The van der Waals surface area contributed by atoms with Crippen LogP contribution >= 0.6 is 0 Å². The third kappa shape index (κ3) is 4.28. The summed E-state index contributed by atoms with van der Waals surface area (Å²) in [5.74, 6) is 1.29. The maximum Gasteiger partial charge on any atom is 0.153 e. The number of benzene rings is 1. The van der Waals surface area contributed by atoms with Crippen LogP contribution in [0.4, 0.5) is 11.6 Å². The fraction of sp³-hybridized carbons (Fsp3) is 0.200. The molecule has 0 saturated carbocycles. The largest absolute Gasteiger partial charge is 0.367 e. The van der Waals surface area contributed by atoms with Crippen LogP contribution in [-0.2, 0) is 0 Å². The molecule has 1 N–H and O–H groups in total. The van der Waals surface area contributed by atoms with Crippen LogP contribution in [-0.4, -0.2) is 21.7 Å². The van der Waals surface area contributed by atoms with Crippen LogP contribution in [0.5, 0.6) is 0 Å². The van der Waals surface area contributed by atoms with Crippen LogP contribution in [0, 0.1) is 11.3 Å². The lowest BCUT2D eigenvalue weighted by molar-refractivity contribution is 0.891. The van der Waals surface area contributed by atoms with Crippen molar-refractivity contribution in [2.75, 3.05) is 5.32 Å². The second-order valence-electron chi connectivity index (χ2n) is 7.50. The van der Waals surface area contributed by atoms with Gasteiger partial charge in [-0.15, -0.1) is 0 Å². The first-order valence-corrected chi connectivity index (χ1v) is 10.1. The predicted molar refractivity (Wildman–Crippen MR) is 122 cm³/mol. The molecule has 0 unspecified atom stereocenters. The molecule has 0 atom stereocenters. The number of hydrogen-bond donors (Lipinski definition) is 1. The zero-order valence-electron chi connectivity index (χ0n) is 17.1.